The minimum Gasteiger partial charge on any atom is -0.383 e. The van der Waals surface area contributed by atoms with Crippen LogP contribution in [-0.4, -0.2) is 43.9 Å². The lowest BCUT2D eigenvalue weighted by Gasteiger charge is -2.19. The number of pyridine rings is 1. The highest BCUT2D eigenvalue weighted by Gasteiger charge is 2.52. The average Bonchev–Trinajstić information content (AvgIpc) is 3.48. The van der Waals surface area contributed by atoms with E-state index >= 15 is 0 Å². The molecule has 5 heterocycles. The van der Waals surface area contributed by atoms with Crippen LogP contribution >= 0.6 is 0 Å². The highest BCUT2D eigenvalue weighted by atomic mass is 19.1. The normalized spacial score (nSPS) is 19.6. The molecule has 1 fully saturated rings. The standard InChI is InChI=1S/C22H18FN7O2/c23-14-6-2-1-4-12(14)10-30-20-13(5-3-8-25-20)16(29-30)19-26-17(24)15-18(27-19)28-21(31)22(15)7-9-32-11-22/h1-6,8H,7,9-11H2,(H3,24,26,27,28,31). The predicted molar refractivity (Wildman–Crippen MR) is 114 cm³/mol. The molecule has 160 valence electrons. The number of nitrogens with one attached hydrogen (secondary N) is 1. The molecule has 1 unspecified atom stereocenters. The smallest absolute Gasteiger partial charge is 0.238 e. The average molecular weight is 431 g/mol. The van der Waals surface area contributed by atoms with Gasteiger partial charge in [-0.25, -0.2) is 24.0 Å². The molecule has 9 nitrogen and oxygen atoms in total. The summed E-state index contributed by atoms with van der Waals surface area (Å²) in [6.45, 7) is 0.922. The van der Waals surface area contributed by atoms with Crippen molar-refractivity contribution in [3.05, 3.63) is 59.5 Å². The van der Waals surface area contributed by atoms with Gasteiger partial charge in [-0.2, -0.15) is 5.10 Å². The minimum absolute atomic E-state index is 0.181. The Kier molecular flexibility index (Phi) is 3.99. The molecule has 1 atom stereocenters. The Labute approximate surface area is 181 Å². The molecular weight excluding hydrogens is 413 g/mol. The SMILES string of the molecule is Nc1nc(-c2nn(Cc3ccccc3F)c3ncccc23)nc2c1C1(CCOC1)C(=O)N2. The van der Waals surface area contributed by atoms with E-state index in [1.54, 1.807) is 35.1 Å². The Bertz CT molecular complexity index is 1390. The first-order chi connectivity index (χ1) is 15.6. The zero-order valence-corrected chi connectivity index (χ0v) is 16.9. The number of nitrogens with zero attached hydrogens (tertiary/aromatic N) is 5. The van der Waals surface area contributed by atoms with Crippen LogP contribution in [0, 0.1) is 5.82 Å². The quantitative estimate of drug-likeness (QED) is 0.510. The van der Waals surface area contributed by atoms with Gasteiger partial charge in [-0.15, -0.1) is 0 Å². The number of anilines is 2. The Hall–Kier alpha value is -3.92. The lowest BCUT2D eigenvalue weighted by Crippen LogP contribution is -2.35. The van der Waals surface area contributed by atoms with E-state index in [2.05, 4.69) is 25.4 Å². The highest BCUT2D eigenvalue weighted by Crippen LogP contribution is 2.45. The van der Waals surface area contributed by atoms with E-state index in [1.165, 1.54) is 6.07 Å². The molecule has 0 aliphatic carbocycles. The number of ether oxygens (including phenoxy) is 1. The summed E-state index contributed by atoms with van der Waals surface area (Å²) < 4.78 is 21.3. The van der Waals surface area contributed by atoms with Crippen LogP contribution in [0.1, 0.15) is 17.5 Å². The fraction of sp³-hybridized carbons (Fsp3) is 0.227. The predicted octanol–water partition coefficient (Wildman–Crippen LogP) is 2.27. The van der Waals surface area contributed by atoms with Gasteiger partial charge in [-0.1, -0.05) is 18.2 Å². The molecule has 1 amide bonds. The van der Waals surface area contributed by atoms with Crippen LogP contribution in [0.4, 0.5) is 16.0 Å². The number of hydrogen-bond donors (Lipinski definition) is 2. The van der Waals surface area contributed by atoms with Crippen LogP contribution in [0.5, 0.6) is 0 Å². The molecule has 2 aliphatic rings. The van der Waals surface area contributed by atoms with Gasteiger partial charge in [0.15, 0.2) is 11.5 Å². The van der Waals surface area contributed by atoms with Gasteiger partial charge in [0, 0.05) is 18.4 Å². The molecule has 1 spiro atoms. The molecule has 1 aromatic carbocycles. The van der Waals surface area contributed by atoms with Crippen LogP contribution in [0.25, 0.3) is 22.6 Å². The molecule has 6 rings (SSSR count). The maximum Gasteiger partial charge on any atom is 0.238 e. The summed E-state index contributed by atoms with van der Waals surface area (Å²) in [6.07, 6.45) is 2.18. The van der Waals surface area contributed by atoms with Gasteiger partial charge >= 0.3 is 0 Å². The number of fused-ring (bicyclic) bond motifs is 3. The summed E-state index contributed by atoms with van der Waals surface area (Å²) in [5.74, 6) is 0.360. The van der Waals surface area contributed by atoms with E-state index in [0.29, 0.717) is 46.7 Å². The van der Waals surface area contributed by atoms with Gasteiger partial charge in [0.05, 0.1) is 24.1 Å². The molecule has 4 aromatic rings. The number of rotatable bonds is 3. The summed E-state index contributed by atoms with van der Waals surface area (Å²) in [6, 6.07) is 10.2. The number of amides is 1. The Morgan fingerprint density at radius 3 is 2.91 bits per heavy atom. The van der Waals surface area contributed by atoms with Crippen molar-refractivity contribution in [1.82, 2.24) is 24.7 Å². The third-order valence-corrected chi connectivity index (χ3v) is 6.10. The molecule has 0 radical (unpaired) electrons. The monoisotopic (exact) mass is 431 g/mol. The number of hydrogen-bond acceptors (Lipinski definition) is 7. The number of nitrogens with two attached hydrogens (primary N) is 1. The third-order valence-electron chi connectivity index (χ3n) is 6.10. The lowest BCUT2D eigenvalue weighted by atomic mass is 9.82. The maximum atomic E-state index is 14.2. The Morgan fingerprint density at radius 1 is 1.22 bits per heavy atom. The van der Waals surface area contributed by atoms with Crippen LogP contribution < -0.4 is 11.1 Å². The molecular formula is C22H18FN7O2. The summed E-state index contributed by atoms with van der Waals surface area (Å²) in [5, 5.41) is 8.17. The van der Waals surface area contributed by atoms with Crippen LogP contribution in [0.3, 0.4) is 0 Å². The number of nitrogen functional groups attached to an aromatic ring is 1. The number of halogens is 1. The van der Waals surface area contributed by atoms with Crippen molar-refractivity contribution in [2.75, 3.05) is 24.3 Å². The minimum atomic E-state index is -0.842. The van der Waals surface area contributed by atoms with Crippen molar-refractivity contribution in [1.29, 1.82) is 0 Å². The third kappa shape index (κ3) is 2.62. The summed E-state index contributed by atoms with van der Waals surface area (Å²) in [5.41, 5.74) is 7.57. The van der Waals surface area contributed by atoms with E-state index in [9.17, 15) is 9.18 Å². The zero-order valence-electron chi connectivity index (χ0n) is 16.9. The van der Waals surface area contributed by atoms with Gasteiger partial charge in [0.25, 0.3) is 0 Å². The summed E-state index contributed by atoms with van der Waals surface area (Å²) in [7, 11) is 0. The molecule has 0 bridgehead atoms. The van der Waals surface area contributed by atoms with Crippen molar-refractivity contribution >= 4 is 28.6 Å². The van der Waals surface area contributed by atoms with E-state index in [1.807, 2.05) is 6.07 Å². The van der Waals surface area contributed by atoms with Gasteiger partial charge in [0.1, 0.15) is 28.6 Å². The van der Waals surface area contributed by atoms with Crippen molar-refractivity contribution in [3.63, 3.8) is 0 Å². The van der Waals surface area contributed by atoms with Gasteiger partial charge in [-0.3, -0.25) is 4.79 Å². The van der Waals surface area contributed by atoms with Crippen molar-refractivity contribution in [2.45, 2.75) is 18.4 Å². The van der Waals surface area contributed by atoms with Crippen LogP contribution in [-0.2, 0) is 21.5 Å². The molecule has 1 saturated heterocycles. The maximum absolute atomic E-state index is 14.2. The second-order valence-corrected chi connectivity index (χ2v) is 7.97. The first-order valence-electron chi connectivity index (χ1n) is 10.2. The molecule has 0 saturated carbocycles. The van der Waals surface area contributed by atoms with E-state index in [4.69, 9.17) is 10.5 Å². The lowest BCUT2D eigenvalue weighted by molar-refractivity contribution is -0.120. The van der Waals surface area contributed by atoms with Gasteiger partial charge in [-0.05, 0) is 24.6 Å². The van der Waals surface area contributed by atoms with E-state index in [0.717, 1.165) is 0 Å². The van der Waals surface area contributed by atoms with Crippen LogP contribution in [0.2, 0.25) is 0 Å². The molecule has 3 aromatic heterocycles. The molecule has 32 heavy (non-hydrogen) atoms. The number of carbonyl (C=O) groups excluding carboxylic acids is 1. The topological polar surface area (TPSA) is 121 Å². The van der Waals surface area contributed by atoms with Crippen LogP contribution in [0.15, 0.2) is 42.6 Å². The first-order valence-corrected chi connectivity index (χ1v) is 10.2. The van der Waals surface area contributed by atoms with Gasteiger partial charge in [0.2, 0.25) is 5.91 Å². The molecule has 2 aliphatic heterocycles. The first kappa shape index (κ1) is 18.8. The fourth-order valence-corrected chi connectivity index (χ4v) is 4.50. The van der Waals surface area contributed by atoms with Crippen molar-refractivity contribution in [3.8, 4) is 11.5 Å². The number of benzene rings is 1. The Balaban J connectivity index is 1.49. The zero-order chi connectivity index (χ0) is 21.9. The van der Waals surface area contributed by atoms with Crippen molar-refractivity contribution < 1.29 is 13.9 Å². The largest absolute Gasteiger partial charge is 0.383 e. The molecule has 3 N–H and O–H groups in total. The van der Waals surface area contributed by atoms with Gasteiger partial charge < -0.3 is 15.8 Å². The second kappa shape index (κ2) is 6.79. The fourth-order valence-electron chi connectivity index (χ4n) is 4.50. The Morgan fingerprint density at radius 2 is 2.09 bits per heavy atom. The number of carbonyl (C=O) groups is 1. The summed E-state index contributed by atoms with van der Waals surface area (Å²) in [4.78, 5) is 26.2. The number of aromatic nitrogens is 5. The summed E-state index contributed by atoms with van der Waals surface area (Å²) >= 11 is 0. The van der Waals surface area contributed by atoms with E-state index < -0.39 is 5.41 Å². The molecule has 10 heteroatoms. The highest BCUT2D eigenvalue weighted by molar-refractivity contribution is 6.07. The van der Waals surface area contributed by atoms with E-state index in [-0.39, 0.29) is 36.5 Å². The van der Waals surface area contributed by atoms with Crippen molar-refractivity contribution in [2.24, 2.45) is 0 Å². The second-order valence-electron chi connectivity index (χ2n) is 7.97.